The minimum absolute atomic E-state index is 0.0302. The standard InChI is InChI=1S/C37H44FN3O3/c1-26(40-22-18-30(19-23-40)35(42)39-25-28-8-7-9-31(38)24-28)32-15-14-29(33-10-5-6-11-34(32)33)13-12-27-16-20-41(21-17-27)36(43)44-37(2,3)4/h5-11,14-15,24,26-27,30H,16-23,25H2,1-4H3,(H,39,42). The first kappa shape index (κ1) is 31.5. The van der Waals surface area contributed by atoms with E-state index in [1.165, 1.54) is 23.1 Å². The van der Waals surface area contributed by atoms with Crippen molar-refractivity contribution in [3.05, 3.63) is 83.2 Å². The van der Waals surface area contributed by atoms with Crippen molar-refractivity contribution < 1.29 is 18.7 Å². The summed E-state index contributed by atoms with van der Waals surface area (Å²) in [7, 11) is 0. The average Bonchev–Trinajstić information content (AvgIpc) is 3.01. The minimum atomic E-state index is -0.488. The van der Waals surface area contributed by atoms with Crippen LogP contribution < -0.4 is 5.32 Å². The summed E-state index contributed by atoms with van der Waals surface area (Å²) in [6.45, 7) is 11.3. The molecule has 0 saturated carbocycles. The van der Waals surface area contributed by atoms with Gasteiger partial charge in [0.05, 0.1) is 0 Å². The van der Waals surface area contributed by atoms with E-state index in [1.807, 2.05) is 26.8 Å². The molecule has 0 aromatic heterocycles. The van der Waals surface area contributed by atoms with Gasteiger partial charge >= 0.3 is 6.09 Å². The highest BCUT2D eigenvalue weighted by Crippen LogP contribution is 2.33. The highest BCUT2D eigenvalue weighted by atomic mass is 19.1. The molecule has 0 aliphatic carbocycles. The van der Waals surface area contributed by atoms with Crippen LogP contribution >= 0.6 is 0 Å². The lowest BCUT2D eigenvalue weighted by Crippen LogP contribution is -2.41. The minimum Gasteiger partial charge on any atom is -0.444 e. The van der Waals surface area contributed by atoms with E-state index in [9.17, 15) is 14.0 Å². The maximum Gasteiger partial charge on any atom is 0.410 e. The van der Waals surface area contributed by atoms with Crippen LogP contribution in [0.4, 0.5) is 9.18 Å². The van der Waals surface area contributed by atoms with E-state index in [-0.39, 0.29) is 35.7 Å². The van der Waals surface area contributed by atoms with Gasteiger partial charge < -0.3 is 15.0 Å². The Bertz CT molecular complexity index is 1540. The lowest BCUT2D eigenvalue weighted by atomic mass is 9.91. The van der Waals surface area contributed by atoms with Gasteiger partial charge in [0.15, 0.2) is 0 Å². The second-order valence-corrected chi connectivity index (χ2v) is 13.1. The van der Waals surface area contributed by atoms with Crippen LogP contribution in [0.25, 0.3) is 10.8 Å². The summed E-state index contributed by atoms with van der Waals surface area (Å²) in [5.74, 6) is 6.94. The van der Waals surface area contributed by atoms with Gasteiger partial charge in [0.1, 0.15) is 11.4 Å². The Balaban J connectivity index is 1.19. The van der Waals surface area contributed by atoms with Crippen LogP contribution in [0.2, 0.25) is 0 Å². The number of rotatable bonds is 5. The Morgan fingerprint density at radius 1 is 0.955 bits per heavy atom. The zero-order chi connectivity index (χ0) is 31.3. The Morgan fingerprint density at radius 2 is 1.66 bits per heavy atom. The SMILES string of the molecule is CC(c1ccc(C#CC2CCN(C(=O)OC(C)(C)C)CC2)c2ccccc12)N1CCC(C(=O)NCc2cccc(F)c2)CC1. The number of likely N-dealkylation sites (tertiary alicyclic amines) is 2. The molecule has 2 fully saturated rings. The van der Waals surface area contributed by atoms with Crippen molar-refractivity contribution in [1.29, 1.82) is 0 Å². The van der Waals surface area contributed by atoms with E-state index in [2.05, 4.69) is 65.4 Å². The summed E-state index contributed by atoms with van der Waals surface area (Å²) >= 11 is 0. The van der Waals surface area contributed by atoms with E-state index in [1.54, 1.807) is 11.0 Å². The first-order valence-electron chi connectivity index (χ1n) is 15.8. The summed E-state index contributed by atoms with van der Waals surface area (Å²) in [6, 6.07) is 19.4. The number of halogens is 1. The van der Waals surface area contributed by atoms with Crippen LogP contribution in [-0.4, -0.2) is 53.6 Å². The number of ether oxygens (including phenoxy) is 1. The third-order valence-electron chi connectivity index (χ3n) is 8.77. The van der Waals surface area contributed by atoms with Crippen LogP contribution in [0.1, 0.15) is 76.1 Å². The third kappa shape index (κ3) is 7.98. The highest BCUT2D eigenvalue weighted by molar-refractivity contribution is 5.91. The Morgan fingerprint density at radius 3 is 2.34 bits per heavy atom. The molecule has 232 valence electrons. The molecule has 44 heavy (non-hydrogen) atoms. The molecule has 0 spiro atoms. The van der Waals surface area contributed by atoms with E-state index in [0.29, 0.717) is 19.6 Å². The lowest BCUT2D eigenvalue weighted by Gasteiger charge is -2.36. The molecule has 3 aromatic carbocycles. The summed E-state index contributed by atoms with van der Waals surface area (Å²) < 4.78 is 19.0. The van der Waals surface area contributed by atoms with Crippen molar-refractivity contribution in [3.63, 3.8) is 0 Å². The van der Waals surface area contributed by atoms with Gasteiger partial charge in [-0.1, -0.05) is 54.3 Å². The van der Waals surface area contributed by atoms with Gasteiger partial charge in [0, 0.05) is 43.1 Å². The predicted molar refractivity (Wildman–Crippen MR) is 172 cm³/mol. The fraction of sp³-hybridized carbons (Fsp3) is 0.459. The van der Waals surface area contributed by atoms with Crippen LogP contribution in [0.15, 0.2) is 60.7 Å². The molecule has 2 heterocycles. The van der Waals surface area contributed by atoms with Crippen molar-refractivity contribution in [1.82, 2.24) is 15.1 Å². The Labute approximate surface area is 260 Å². The van der Waals surface area contributed by atoms with Crippen molar-refractivity contribution in [2.24, 2.45) is 11.8 Å². The van der Waals surface area contributed by atoms with Crippen LogP contribution in [0.5, 0.6) is 0 Å². The Kier molecular flexibility index (Phi) is 9.90. The smallest absolute Gasteiger partial charge is 0.410 e. The molecule has 2 aliphatic rings. The number of benzene rings is 3. The average molecular weight is 598 g/mol. The van der Waals surface area contributed by atoms with Crippen molar-refractivity contribution >= 4 is 22.8 Å². The van der Waals surface area contributed by atoms with Gasteiger partial charge in [-0.05, 0) is 107 Å². The first-order valence-corrected chi connectivity index (χ1v) is 15.8. The van der Waals surface area contributed by atoms with Gasteiger partial charge in [-0.15, -0.1) is 0 Å². The van der Waals surface area contributed by atoms with Crippen LogP contribution in [0.3, 0.4) is 0 Å². The molecule has 5 rings (SSSR count). The molecule has 7 heteroatoms. The molecule has 2 amide bonds. The van der Waals surface area contributed by atoms with Gasteiger partial charge in [-0.3, -0.25) is 9.69 Å². The van der Waals surface area contributed by atoms with Crippen molar-refractivity contribution in [3.8, 4) is 11.8 Å². The zero-order valence-electron chi connectivity index (χ0n) is 26.4. The molecule has 2 aliphatic heterocycles. The molecule has 1 N–H and O–H groups in total. The lowest BCUT2D eigenvalue weighted by molar-refractivity contribution is -0.126. The molecular weight excluding hydrogens is 553 g/mol. The normalized spacial score (nSPS) is 17.5. The number of nitrogens with one attached hydrogen (secondary N) is 1. The van der Waals surface area contributed by atoms with Gasteiger partial charge in [-0.25, -0.2) is 9.18 Å². The second-order valence-electron chi connectivity index (χ2n) is 13.1. The molecule has 1 unspecified atom stereocenters. The monoisotopic (exact) mass is 597 g/mol. The number of hydrogen-bond donors (Lipinski definition) is 1. The quantitative estimate of drug-likeness (QED) is 0.320. The zero-order valence-corrected chi connectivity index (χ0v) is 26.4. The van der Waals surface area contributed by atoms with E-state index < -0.39 is 5.60 Å². The van der Waals surface area contributed by atoms with Crippen LogP contribution in [-0.2, 0) is 16.1 Å². The number of nitrogens with zero attached hydrogens (tertiary/aromatic N) is 2. The van der Waals surface area contributed by atoms with Gasteiger partial charge in [0.25, 0.3) is 0 Å². The molecule has 2 saturated heterocycles. The van der Waals surface area contributed by atoms with Gasteiger partial charge in [0.2, 0.25) is 5.91 Å². The number of fused-ring (bicyclic) bond motifs is 1. The van der Waals surface area contributed by atoms with Gasteiger partial charge in [-0.2, -0.15) is 0 Å². The molecule has 1 atom stereocenters. The number of piperidine rings is 2. The van der Waals surface area contributed by atoms with E-state index in [4.69, 9.17) is 4.74 Å². The van der Waals surface area contributed by atoms with E-state index >= 15 is 0 Å². The number of carbonyl (C=O) groups is 2. The van der Waals surface area contributed by atoms with E-state index in [0.717, 1.165) is 55.3 Å². The maximum atomic E-state index is 13.5. The summed E-state index contributed by atoms with van der Waals surface area (Å²) in [5.41, 5.74) is 2.58. The fourth-order valence-electron chi connectivity index (χ4n) is 6.23. The number of carbonyl (C=O) groups excluding carboxylic acids is 2. The summed E-state index contributed by atoms with van der Waals surface area (Å²) in [5, 5.41) is 5.36. The maximum absolute atomic E-state index is 13.5. The first-order chi connectivity index (χ1) is 21.1. The predicted octanol–water partition coefficient (Wildman–Crippen LogP) is 7.07. The molecule has 6 nitrogen and oxygen atoms in total. The van der Waals surface area contributed by atoms with Crippen molar-refractivity contribution in [2.75, 3.05) is 26.2 Å². The number of hydrogen-bond acceptors (Lipinski definition) is 4. The second kappa shape index (κ2) is 13.8. The summed E-state index contributed by atoms with van der Waals surface area (Å²) in [4.78, 5) is 29.5. The third-order valence-corrected chi connectivity index (χ3v) is 8.77. The van der Waals surface area contributed by atoms with Crippen LogP contribution in [0, 0.1) is 29.5 Å². The largest absolute Gasteiger partial charge is 0.444 e. The Hall–Kier alpha value is -3.89. The molecular formula is C37H44FN3O3. The molecule has 0 radical (unpaired) electrons. The fourth-order valence-corrected chi connectivity index (χ4v) is 6.23. The highest BCUT2D eigenvalue weighted by Gasteiger charge is 2.29. The van der Waals surface area contributed by atoms with Crippen molar-refractivity contribution in [2.45, 2.75) is 71.6 Å². The molecule has 0 bridgehead atoms. The summed E-state index contributed by atoms with van der Waals surface area (Å²) in [6.07, 6.45) is 3.05. The number of amides is 2. The topological polar surface area (TPSA) is 61.9 Å². The molecule has 3 aromatic rings.